The lowest BCUT2D eigenvalue weighted by Gasteiger charge is -2.32. The Bertz CT molecular complexity index is 798. The number of carbonyl (C=O) groups excluding carboxylic acids is 2. The Balaban J connectivity index is 1.49. The maximum absolute atomic E-state index is 12.6. The molecule has 2 aromatic heterocycles. The standard InChI is InChI=1S/C21H28N4O2S/c1-14(2)15(3)23-20(27)16-7-10-25(11-8-16)19(26)12-17-13-28-21(24-17)18-6-4-5-9-22-18/h4-6,9,13-16H,7-8,10-12H2,1-3H3,(H,23,27). The number of thiazole rings is 1. The quantitative estimate of drug-likeness (QED) is 0.808. The minimum Gasteiger partial charge on any atom is -0.353 e. The highest BCUT2D eigenvalue weighted by Gasteiger charge is 2.28. The van der Waals surface area contributed by atoms with Gasteiger partial charge in [0.05, 0.1) is 17.8 Å². The predicted octanol–water partition coefficient (Wildman–Crippen LogP) is 3.15. The van der Waals surface area contributed by atoms with E-state index in [4.69, 9.17) is 0 Å². The average molecular weight is 401 g/mol. The molecule has 0 radical (unpaired) electrons. The molecular formula is C21H28N4O2S. The minimum absolute atomic E-state index is 0.000259. The number of amides is 2. The third-order valence-corrected chi connectivity index (χ3v) is 6.27. The molecule has 1 N–H and O–H groups in total. The van der Waals surface area contributed by atoms with Crippen LogP contribution < -0.4 is 5.32 Å². The Morgan fingerprint density at radius 1 is 1.25 bits per heavy atom. The maximum Gasteiger partial charge on any atom is 0.228 e. The van der Waals surface area contributed by atoms with Crippen LogP contribution in [0.4, 0.5) is 0 Å². The van der Waals surface area contributed by atoms with E-state index in [-0.39, 0.29) is 23.8 Å². The first kappa shape index (κ1) is 20.5. The highest BCUT2D eigenvalue weighted by Crippen LogP contribution is 2.23. The Kier molecular flexibility index (Phi) is 6.78. The normalized spacial score (nSPS) is 16.2. The lowest BCUT2D eigenvalue weighted by Crippen LogP contribution is -2.46. The molecule has 1 fully saturated rings. The van der Waals surface area contributed by atoms with E-state index in [0.29, 0.717) is 25.4 Å². The van der Waals surface area contributed by atoms with Crippen LogP contribution in [0.15, 0.2) is 29.8 Å². The zero-order chi connectivity index (χ0) is 20.1. The molecule has 1 unspecified atom stereocenters. The molecule has 2 aromatic rings. The van der Waals surface area contributed by atoms with Crippen LogP contribution in [-0.4, -0.2) is 45.8 Å². The first-order valence-corrected chi connectivity index (χ1v) is 10.8. The SMILES string of the molecule is CC(C)C(C)NC(=O)C1CCN(C(=O)Cc2csc(-c3ccccn3)n2)CC1. The molecule has 6 nitrogen and oxygen atoms in total. The van der Waals surface area contributed by atoms with Crippen molar-refractivity contribution in [3.8, 4) is 10.7 Å². The number of rotatable bonds is 6. The molecule has 2 amide bonds. The van der Waals surface area contributed by atoms with Crippen molar-refractivity contribution in [2.75, 3.05) is 13.1 Å². The lowest BCUT2D eigenvalue weighted by atomic mass is 9.94. The molecule has 150 valence electrons. The van der Waals surface area contributed by atoms with Crippen LogP contribution in [0.5, 0.6) is 0 Å². The van der Waals surface area contributed by atoms with Crippen LogP contribution in [0.2, 0.25) is 0 Å². The summed E-state index contributed by atoms with van der Waals surface area (Å²) in [6.07, 6.45) is 3.48. The molecule has 3 rings (SSSR count). The molecule has 1 atom stereocenters. The molecule has 1 aliphatic heterocycles. The van der Waals surface area contributed by atoms with Gasteiger partial charge in [0.25, 0.3) is 0 Å². The lowest BCUT2D eigenvalue weighted by molar-refractivity contribution is -0.135. The summed E-state index contributed by atoms with van der Waals surface area (Å²) in [4.78, 5) is 35.7. The van der Waals surface area contributed by atoms with Gasteiger partial charge >= 0.3 is 0 Å². The number of hydrogen-bond donors (Lipinski definition) is 1. The second kappa shape index (κ2) is 9.28. The Labute approximate surface area is 170 Å². The average Bonchev–Trinajstić information content (AvgIpc) is 3.17. The first-order chi connectivity index (χ1) is 13.4. The van der Waals surface area contributed by atoms with Crippen LogP contribution in [-0.2, 0) is 16.0 Å². The summed E-state index contributed by atoms with van der Waals surface area (Å²) in [5.41, 5.74) is 1.61. The van der Waals surface area contributed by atoms with Crippen molar-refractivity contribution in [3.05, 3.63) is 35.5 Å². The minimum atomic E-state index is 0.000259. The van der Waals surface area contributed by atoms with Crippen LogP contribution in [0.3, 0.4) is 0 Å². The Morgan fingerprint density at radius 3 is 2.64 bits per heavy atom. The molecule has 1 aliphatic rings. The summed E-state index contributed by atoms with van der Waals surface area (Å²) >= 11 is 1.51. The summed E-state index contributed by atoms with van der Waals surface area (Å²) in [6.45, 7) is 7.50. The van der Waals surface area contributed by atoms with Gasteiger partial charge in [-0.15, -0.1) is 11.3 Å². The van der Waals surface area contributed by atoms with E-state index in [1.165, 1.54) is 11.3 Å². The van der Waals surface area contributed by atoms with Crippen LogP contribution >= 0.6 is 11.3 Å². The van der Waals surface area contributed by atoms with Gasteiger partial charge in [0.15, 0.2) is 0 Å². The zero-order valence-electron chi connectivity index (χ0n) is 16.7. The molecule has 0 bridgehead atoms. The van der Waals surface area contributed by atoms with Gasteiger partial charge in [-0.3, -0.25) is 14.6 Å². The molecule has 3 heterocycles. The van der Waals surface area contributed by atoms with E-state index < -0.39 is 0 Å². The fraction of sp³-hybridized carbons (Fsp3) is 0.524. The zero-order valence-corrected chi connectivity index (χ0v) is 17.5. The van der Waals surface area contributed by atoms with E-state index >= 15 is 0 Å². The number of carbonyl (C=O) groups is 2. The largest absolute Gasteiger partial charge is 0.353 e. The Morgan fingerprint density at radius 2 is 2.00 bits per heavy atom. The number of nitrogens with one attached hydrogen (secondary N) is 1. The molecular weight excluding hydrogens is 372 g/mol. The van der Waals surface area contributed by atoms with Gasteiger partial charge in [-0.05, 0) is 37.8 Å². The van der Waals surface area contributed by atoms with Crippen molar-refractivity contribution >= 4 is 23.2 Å². The molecule has 0 saturated carbocycles. The molecule has 28 heavy (non-hydrogen) atoms. The number of aromatic nitrogens is 2. The molecule has 7 heteroatoms. The summed E-state index contributed by atoms with van der Waals surface area (Å²) in [6, 6.07) is 5.89. The van der Waals surface area contributed by atoms with Crippen molar-refractivity contribution in [1.82, 2.24) is 20.2 Å². The van der Waals surface area contributed by atoms with Crippen molar-refractivity contribution in [2.24, 2.45) is 11.8 Å². The van der Waals surface area contributed by atoms with E-state index in [2.05, 4.69) is 29.1 Å². The number of pyridine rings is 1. The number of hydrogen-bond acceptors (Lipinski definition) is 5. The molecule has 0 aliphatic carbocycles. The van der Waals surface area contributed by atoms with Gasteiger partial charge in [-0.25, -0.2) is 4.98 Å². The monoisotopic (exact) mass is 400 g/mol. The van der Waals surface area contributed by atoms with Crippen LogP contribution in [0.25, 0.3) is 10.7 Å². The van der Waals surface area contributed by atoms with Crippen molar-refractivity contribution in [1.29, 1.82) is 0 Å². The van der Waals surface area contributed by atoms with Crippen molar-refractivity contribution < 1.29 is 9.59 Å². The van der Waals surface area contributed by atoms with Gasteiger partial charge in [0.1, 0.15) is 5.01 Å². The molecule has 0 spiro atoms. The molecule has 1 saturated heterocycles. The number of likely N-dealkylation sites (tertiary alicyclic amines) is 1. The van der Waals surface area contributed by atoms with Gasteiger partial charge in [0.2, 0.25) is 11.8 Å². The summed E-state index contributed by atoms with van der Waals surface area (Å²) in [5, 5.41) is 5.85. The fourth-order valence-corrected chi connectivity index (χ4v) is 3.96. The van der Waals surface area contributed by atoms with Crippen LogP contribution in [0, 0.1) is 11.8 Å². The van der Waals surface area contributed by atoms with E-state index in [1.54, 1.807) is 6.20 Å². The van der Waals surface area contributed by atoms with Gasteiger partial charge in [-0.2, -0.15) is 0 Å². The van der Waals surface area contributed by atoms with Gasteiger partial charge in [0, 0.05) is 36.6 Å². The smallest absolute Gasteiger partial charge is 0.228 e. The van der Waals surface area contributed by atoms with E-state index in [0.717, 1.165) is 29.2 Å². The first-order valence-electron chi connectivity index (χ1n) is 9.88. The topological polar surface area (TPSA) is 75.2 Å². The highest BCUT2D eigenvalue weighted by atomic mass is 32.1. The second-order valence-corrected chi connectivity index (χ2v) is 8.59. The highest BCUT2D eigenvalue weighted by molar-refractivity contribution is 7.13. The summed E-state index contributed by atoms with van der Waals surface area (Å²) in [5.74, 6) is 0.611. The number of piperidine rings is 1. The van der Waals surface area contributed by atoms with Crippen LogP contribution in [0.1, 0.15) is 39.3 Å². The summed E-state index contributed by atoms with van der Waals surface area (Å²) in [7, 11) is 0. The van der Waals surface area contributed by atoms with E-state index in [9.17, 15) is 9.59 Å². The third kappa shape index (κ3) is 5.16. The van der Waals surface area contributed by atoms with Gasteiger partial charge < -0.3 is 10.2 Å². The maximum atomic E-state index is 12.6. The predicted molar refractivity (Wildman–Crippen MR) is 111 cm³/mol. The van der Waals surface area contributed by atoms with E-state index in [1.807, 2.05) is 35.4 Å². The number of nitrogens with zero attached hydrogens (tertiary/aromatic N) is 3. The second-order valence-electron chi connectivity index (χ2n) is 7.73. The molecule has 0 aromatic carbocycles. The fourth-order valence-electron chi connectivity index (χ4n) is 3.16. The van der Waals surface area contributed by atoms with Crippen molar-refractivity contribution in [2.45, 2.75) is 46.1 Å². The van der Waals surface area contributed by atoms with Gasteiger partial charge in [-0.1, -0.05) is 19.9 Å². The third-order valence-electron chi connectivity index (χ3n) is 5.36. The van der Waals surface area contributed by atoms with Crippen molar-refractivity contribution in [3.63, 3.8) is 0 Å². The summed E-state index contributed by atoms with van der Waals surface area (Å²) < 4.78 is 0. The Hall–Kier alpha value is -2.28.